The van der Waals surface area contributed by atoms with Crippen LogP contribution >= 0.6 is 11.3 Å². The molecule has 0 aliphatic rings. The average molecular weight is 313 g/mol. The van der Waals surface area contributed by atoms with Crippen LogP contribution in [0.2, 0.25) is 0 Å². The second-order valence-corrected chi connectivity index (χ2v) is 7.01. The van der Waals surface area contributed by atoms with Crippen LogP contribution in [0.1, 0.15) is 16.1 Å². The van der Waals surface area contributed by atoms with Crippen LogP contribution in [0.15, 0.2) is 34.2 Å². The molecule has 1 N–H and O–H groups in total. The van der Waals surface area contributed by atoms with E-state index in [2.05, 4.69) is 9.97 Å². The lowest BCUT2D eigenvalue weighted by atomic mass is 10.3. The van der Waals surface area contributed by atoms with E-state index in [0.29, 0.717) is 0 Å². The summed E-state index contributed by atoms with van der Waals surface area (Å²) in [7, 11) is -2.49. The molecule has 0 aliphatic heterocycles. The Labute approximate surface area is 119 Å². The fraction of sp³-hybridized carbons (Fsp3) is 0.182. The summed E-state index contributed by atoms with van der Waals surface area (Å²) < 4.78 is 25.5. The molecule has 0 aliphatic carbocycles. The molecule has 0 amide bonds. The monoisotopic (exact) mass is 313 g/mol. The van der Waals surface area contributed by atoms with Crippen LogP contribution in [-0.2, 0) is 16.6 Å². The van der Waals surface area contributed by atoms with Crippen LogP contribution in [-0.4, -0.2) is 40.8 Å². The van der Waals surface area contributed by atoms with Crippen molar-refractivity contribution in [1.82, 2.24) is 14.3 Å². The number of sulfonamides is 1. The number of nitrogens with zero attached hydrogens (tertiary/aromatic N) is 3. The van der Waals surface area contributed by atoms with Gasteiger partial charge in [0.05, 0.1) is 5.51 Å². The number of hydrogen-bond donors (Lipinski definition) is 1. The van der Waals surface area contributed by atoms with Crippen molar-refractivity contribution in [2.24, 2.45) is 0 Å². The molecule has 0 saturated heterocycles. The summed E-state index contributed by atoms with van der Waals surface area (Å²) in [6.07, 6.45) is 3.12. The quantitative estimate of drug-likeness (QED) is 0.885. The van der Waals surface area contributed by atoms with E-state index in [1.54, 1.807) is 24.5 Å². The van der Waals surface area contributed by atoms with Gasteiger partial charge >= 0.3 is 5.97 Å². The fourth-order valence-electron chi connectivity index (χ4n) is 1.53. The molecule has 2 aromatic rings. The number of pyridine rings is 1. The third-order valence-electron chi connectivity index (χ3n) is 2.54. The second kappa shape index (κ2) is 5.65. The summed E-state index contributed by atoms with van der Waals surface area (Å²) in [5.74, 6) is -1.36. The second-order valence-electron chi connectivity index (χ2n) is 3.91. The molecule has 106 valence electrons. The van der Waals surface area contributed by atoms with Gasteiger partial charge in [0.2, 0.25) is 0 Å². The van der Waals surface area contributed by atoms with Crippen LogP contribution in [0.25, 0.3) is 0 Å². The zero-order valence-electron chi connectivity index (χ0n) is 10.4. The van der Waals surface area contributed by atoms with E-state index in [1.807, 2.05) is 0 Å². The van der Waals surface area contributed by atoms with Crippen molar-refractivity contribution in [1.29, 1.82) is 0 Å². The average Bonchev–Trinajstić information content (AvgIpc) is 2.89. The van der Waals surface area contributed by atoms with Crippen LogP contribution in [0.3, 0.4) is 0 Å². The van der Waals surface area contributed by atoms with Gasteiger partial charge in [-0.3, -0.25) is 4.98 Å². The zero-order chi connectivity index (χ0) is 14.8. The van der Waals surface area contributed by atoms with Crippen LogP contribution in [0.4, 0.5) is 0 Å². The first-order valence-electron chi connectivity index (χ1n) is 5.45. The largest absolute Gasteiger partial charge is 0.476 e. The molecular weight excluding hydrogens is 302 g/mol. The Bertz CT molecular complexity index is 712. The van der Waals surface area contributed by atoms with Crippen molar-refractivity contribution in [3.63, 3.8) is 0 Å². The number of carbonyl (C=O) groups is 1. The first-order valence-corrected chi connectivity index (χ1v) is 7.77. The Morgan fingerprint density at radius 1 is 1.40 bits per heavy atom. The molecule has 7 nitrogen and oxygen atoms in total. The van der Waals surface area contributed by atoms with Gasteiger partial charge in [0.15, 0.2) is 9.90 Å². The molecule has 0 unspecified atom stereocenters. The summed E-state index contributed by atoms with van der Waals surface area (Å²) >= 11 is 0.790. The first-order chi connectivity index (χ1) is 9.43. The predicted octanol–water partition coefficient (Wildman–Crippen LogP) is 1.06. The number of thiazole rings is 1. The van der Waals surface area contributed by atoms with E-state index in [0.717, 1.165) is 21.2 Å². The number of hydrogen-bond acceptors (Lipinski definition) is 6. The molecule has 20 heavy (non-hydrogen) atoms. The Kier molecular flexibility index (Phi) is 4.12. The number of aromatic nitrogens is 2. The normalized spacial score (nSPS) is 11.7. The summed E-state index contributed by atoms with van der Waals surface area (Å²) in [5, 5.41) is 8.94. The third kappa shape index (κ3) is 2.84. The molecule has 0 spiro atoms. The maximum absolute atomic E-state index is 12.3. The smallest absolute Gasteiger partial charge is 0.356 e. The molecule has 2 aromatic heterocycles. The van der Waals surface area contributed by atoms with Crippen molar-refractivity contribution in [3.8, 4) is 0 Å². The molecule has 0 fully saturated rings. The summed E-state index contributed by atoms with van der Waals surface area (Å²) in [4.78, 5) is 18.4. The number of rotatable bonds is 5. The van der Waals surface area contributed by atoms with Crippen LogP contribution < -0.4 is 0 Å². The summed E-state index contributed by atoms with van der Waals surface area (Å²) in [6.45, 7) is 0.127. The van der Waals surface area contributed by atoms with Gasteiger partial charge in [0, 0.05) is 26.0 Å². The molecule has 0 atom stereocenters. The molecule has 9 heteroatoms. The molecule has 0 bridgehead atoms. The number of carboxylic acid groups (broad SMARTS) is 1. The van der Waals surface area contributed by atoms with Gasteiger partial charge in [-0.25, -0.2) is 18.2 Å². The summed E-state index contributed by atoms with van der Waals surface area (Å²) in [6, 6.07) is 3.38. The van der Waals surface area contributed by atoms with Gasteiger partial charge in [-0.1, -0.05) is 0 Å². The highest BCUT2D eigenvalue weighted by molar-refractivity contribution is 7.91. The van der Waals surface area contributed by atoms with Crippen molar-refractivity contribution >= 4 is 27.3 Å². The van der Waals surface area contributed by atoms with E-state index in [1.165, 1.54) is 12.6 Å². The lowest BCUT2D eigenvalue weighted by Crippen LogP contribution is -2.27. The Balaban J connectivity index is 2.30. The van der Waals surface area contributed by atoms with E-state index < -0.39 is 21.7 Å². The third-order valence-corrected chi connectivity index (χ3v) is 5.69. The highest BCUT2D eigenvalue weighted by Gasteiger charge is 2.29. The van der Waals surface area contributed by atoms with Gasteiger partial charge in [-0.15, -0.1) is 11.3 Å². The standard InChI is InChI=1S/C11H11N3O4S2/c1-14(6-8-2-4-12-5-3-8)20(17,18)11-9(10(15)16)13-7-19-11/h2-5,7H,6H2,1H3,(H,15,16). The van der Waals surface area contributed by atoms with Gasteiger partial charge in [0.1, 0.15) is 0 Å². The predicted molar refractivity (Wildman–Crippen MR) is 72.0 cm³/mol. The minimum atomic E-state index is -3.88. The lowest BCUT2D eigenvalue weighted by Gasteiger charge is -2.16. The maximum atomic E-state index is 12.3. The number of carboxylic acids is 1. The molecule has 2 rings (SSSR count). The summed E-state index contributed by atoms with van der Waals surface area (Å²) in [5.41, 5.74) is 1.51. The molecule has 0 radical (unpaired) electrons. The SMILES string of the molecule is CN(Cc1ccncc1)S(=O)(=O)c1scnc1C(=O)O. The maximum Gasteiger partial charge on any atom is 0.356 e. The molecule has 2 heterocycles. The Morgan fingerprint density at radius 2 is 2.05 bits per heavy atom. The Morgan fingerprint density at radius 3 is 2.65 bits per heavy atom. The van der Waals surface area contributed by atoms with E-state index in [-0.39, 0.29) is 10.8 Å². The zero-order valence-corrected chi connectivity index (χ0v) is 12.1. The molecular formula is C11H11N3O4S2. The van der Waals surface area contributed by atoms with Gasteiger partial charge in [-0.05, 0) is 17.7 Å². The fourth-order valence-corrected chi connectivity index (χ4v) is 4.02. The van der Waals surface area contributed by atoms with Crippen molar-refractivity contribution in [3.05, 3.63) is 41.3 Å². The van der Waals surface area contributed by atoms with E-state index >= 15 is 0 Å². The van der Waals surface area contributed by atoms with Gasteiger partial charge in [0.25, 0.3) is 10.0 Å². The molecule has 0 aromatic carbocycles. The minimum Gasteiger partial charge on any atom is -0.476 e. The first kappa shape index (κ1) is 14.6. The van der Waals surface area contributed by atoms with E-state index in [4.69, 9.17) is 5.11 Å². The van der Waals surface area contributed by atoms with Crippen molar-refractivity contribution in [2.45, 2.75) is 10.8 Å². The highest BCUT2D eigenvalue weighted by atomic mass is 32.2. The van der Waals surface area contributed by atoms with Gasteiger partial charge < -0.3 is 5.11 Å². The Hall–Kier alpha value is -1.84. The minimum absolute atomic E-state index is 0.127. The van der Waals surface area contributed by atoms with Crippen molar-refractivity contribution in [2.75, 3.05) is 7.05 Å². The lowest BCUT2D eigenvalue weighted by molar-refractivity contribution is 0.0687. The van der Waals surface area contributed by atoms with Crippen molar-refractivity contribution < 1.29 is 18.3 Å². The van der Waals surface area contributed by atoms with Crippen LogP contribution in [0, 0.1) is 0 Å². The van der Waals surface area contributed by atoms with Gasteiger partial charge in [-0.2, -0.15) is 4.31 Å². The topological polar surface area (TPSA) is 100 Å². The van der Waals surface area contributed by atoms with E-state index in [9.17, 15) is 13.2 Å². The number of aromatic carboxylic acids is 1. The highest BCUT2D eigenvalue weighted by Crippen LogP contribution is 2.24. The van der Waals surface area contributed by atoms with Crippen LogP contribution in [0.5, 0.6) is 0 Å². The molecule has 0 saturated carbocycles.